The number of amides is 1. The largest absolute Gasteiger partial charge is 0.483 e. The lowest BCUT2D eigenvalue weighted by molar-refractivity contribution is -0.124. The third kappa shape index (κ3) is 6.63. The third-order valence-corrected chi connectivity index (χ3v) is 2.90. The van der Waals surface area contributed by atoms with E-state index in [0.717, 1.165) is 36.4 Å². The van der Waals surface area contributed by atoms with Crippen molar-refractivity contribution >= 4 is 5.91 Å². The predicted molar refractivity (Wildman–Crippen MR) is 86.6 cm³/mol. The Morgan fingerprint density at radius 1 is 1.29 bits per heavy atom. The van der Waals surface area contributed by atoms with Crippen molar-refractivity contribution in [2.75, 3.05) is 13.2 Å². The Bertz CT molecular complexity index is 464. The molecule has 4 nitrogen and oxygen atoms in total. The zero-order valence-electron chi connectivity index (χ0n) is 13.9. The first-order chi connectivity index (χ1) is 9.83. The number of hydrogen-bond donors (Lipinski definition) is 2. The molecular weight excluding hydrogens is 264 g/mol. The van der Waals surface area contributed by atoms with Gasteiger partial charge in [0.2, 0.25) is 0 Å². The maximum atomic E-state index is 11.9. The molecule has 2 N–H and O–H groups in total. The van der Waals surface area contributed by atoms with Gasteiger partial charge in [-0.15, -0.1) is 0 Å². The molecule has 0 bridgehead atoms. The van der Waals surface area contributed by atoms with Gasteiger partial charge < -0.3 is 15.4 Å². The summed E-state index contributed by atoms with van der Waals surface area (Å²) < 4.78 is 5.75. The minimum Gasteiger partial charge on any atom is -0.483 e. The molecule has 21 heavy (non-hydrogen) atoms. The molecule has 0 heterocycles. The molecule has 1 rings (SSSR count). The molecule has 0 aromatic heterocycles. The molecule has 0 atom stereocenters. The van der Waals surface area contributed by atoms with Crippen molar-refractivity contribution < 1.29 is 9.53 Å². The van der Waals surface area contributed by atoms with Gasteiger partial charge in [0.1, 0.15) is 5.75 Å². The highest BCUT2D eigenvalue weighted by atomic mass is 16.5. The molecule has 0 spiro atoms. The smallest absolute Gasteiger partial charge is 0.258 e. The molecule has 0 aliphatic rings. The second kappa shape index (κ2) is 8.03. The second-order valence-corrected chi connectivity index (χ2v) is 6.33. The fraction of sp³-hybridized carbons (Fsp3) is 0.588. The van der Waals surface area contributed by atoms with Gasteiger partial charge in [-0.2, -0.15) is 0 Å². The van der Waals surface area contributed by atoms with Gasteiger partial charge in [-0.3, -0.25) is 4.79 Å². The normalized spacial score (nSPS) is 11.3. The zero-order valence-corrected chi connectivity index (χ0v) is 13.9. The van der Waals surface area contributed by atoms with E-state index >= 15 is 0 Å². The number of aryl methyl sites for hydroxylation is 1. The summed E-state index contributed by atoms with van der Waals surface area (Å²) in [4.78, 5) is 11.9. The van der Waals surface area contributed by atoms with Crippen LogP contribution >= 0.6 is 0 Å². The van der Waals surface area contributed by atoms with E-state index in [-0.39, 0.29) is 18.1 Å². The predicted octanol–water partition coefficient (Wildman–Crippen LogP) is 2.79. The first kappa shape index (κ1) is 17.5. The van der Waals surface area contributed by atoms with Gasteiger partial charge in [0.15, 0.2) is 6.61 Å². The number of nitrogens with one attached hydrogen (secondary N) is 2. The van der Waals surface area contributed by atoms with Crippen LogP contribution in [-0.4, -0.2) is 24.6 Å². The van der Waals surface area contributed by atoms with E-state index < -0.39 is 0 Å². The van der Waals surface area contributed by atoms with Crippen LogP contribution in [0.1, 0.15) is 45.2 Å². The van der Waals surface area contributed by atoms with E-state index in [1.54, 1.807) is 0 Å². The van der Waals surface area contributed by atoms with Crippen molar-refractivity contribution in [1.29, 1.82) is 0 Å². The Morgan fingerprint density at radius 3 is 2.62 bits per heavy atom. The third-order valence-electron chi connectivity index (χ3n) is 2.90. The molecule has 1 aromatic rings. The standard InChI is InChI=1S/C17H28N2O2/c1-6-10-18-11-14-9-7-8-13(2)16(14)21-12-15(20)19-17(3,4)5/h7-9,18H,6,10-12H2,1-5H3,(H,19,20). The molecular formula is C17H28N2O2. The van der Waals surface area contributed by atoms with Gasteiger partial charge >= 0.3 is 0 Å². The number of carbonyl (C=O) groups is 1. The second-order valence-electron chi connectivity index (χ2n) is 6.33. The minimum absolute atomic E-state index is 0.0445. The molecule has 0 saturated carbocycles. The fourth-order valence-corrected chi connectivity index (χ4v) is 2.05. The van der Waals surface area contributed by atoms with E-state index in [9.17, 15) is 4.79 Å². The van der Waals surface area contributed by atoms with Crippen molar-refractivity contribution in [1.82, 2.24) is 10.6 Å². The lowest BCUT2D eigenvalue weighted by atomic mass is 10.1. The number of carbonyl (C=O) groups excluding carboxylic acids is 1. The quantitative estimate of drug-likeness (QED) is 0.760. The van der Waals surface area contributed by atoms with Crippen LogP contribution in [-0.2, 0) is 11.3 Å². The number of rotatable bonds is 7. The highest BCUT2D eigenvalue weighted by Gasteiger charge is 2.15. The zero-order chi connectivity index (χ0) is 15.9. The maximum Gasteiger partial charge on any atom is 0.258 e. The number of hydrogen-bond acceptors (Lipinski definition) is 3. The Labute approximate surface area is 128 Å². The molecule has 0 aliphatic carbocycles. The molecule has 1 aromatic carbocycles. The van der Waals surface area contributed by atoms with E-state index in [1.165, 1.54) is 0 Å². The van der Waals surface area contributed by atoms with Gasteiger partial charge in [-0.1, -0.05) is 25.1 Å². The number of benzene rings is 1. The Balaban J connectivity index is 2.66. The van der Waals surface area contributed by atoms with Crippen LogP contribution in [0, 0.1) is 6.92 Å². The van der Waals surface area contributed by atoms with Crippen molar-refractivity contribution in [3.8, 4) is 5.75 Å². The summed E-state index contributed by atoms with van der Waals surface area (Å²) in [6.45, 7) is 11.8. The first-order valence-corrected chi connectivity index (χ1v) is 7.56. The molecule has 118 valence electrons. The molecule has 0 saturated heterocycles. The van der Waals surface area contributed by atoms with Gasteiger partial charge in [0, 0.05) is 17.6 Å². The summed E-state index contributed by atoms with van der Waals surface area (Å²) >= 11 is 0. The van der Waals surface area contributed by atoms with Crippen LogP contribution in [0.25, 0.3) is 0 Å². The van der Waals surface area contributed by atoms with Crippen LogP contribution in [0.3, 0.4) is 0 Å². The van der Waals surface area contributed by atoms with E-state index in [0.29, 0.717) is 0 Å². The summed E-state index contributed by atoms with van der Waals surface area (Å²) in [5.41, 5.74) is 1.90. The fourth-order valence-electron chi connectivity index (χ4n) is 2.05. The summed E-state index contributed by atoms with van der Waals surface area (Å²) in [5, 5.41) is 6.27. The molecule has 0 radical (unpaired) electrons. The van der Waals surface area contributed by atoms with E-state index in [1.807, 2.05) is 45.9 Å². The Morgan fingerprint density at radius 2 is 2.00 bits per heavy atom. The summed E-state index contributed by atoms with van der Waals surface area (Å²) in [6.07, 6.45) is 1.09. The SMILES string of the molecule is CCCNCc1cccc(C)c1OCC(=O)NC(C)(C)C. The number of para-hydroxylation sites is 1. The minimum atomic E-state index is -0.238. The maximum absolute atomic E-state index is 11.9. The average Bonchev–Trinajstić information content (AvgIpc) is 2.36. The van der Waals surface area contributed by atoms with Gasteiger partial charge in [-0.05, 0) is 46.2 Å². The van der Waals surface area contributed by atoms with Crippen LogP contribution in [0.4, 0.5) is 0 Å². The monoisotopic (exact) mass is 292 g/mol. The molecule has 4 heteroatoms. The summed E-state index contributed by atoms with van der Waals surface area (Å²) in [6, 6.07) is 6.05. The van der Waals surface area contributed by atoms with Crippen molar-refractivity contribution in [3.63, 3.8) is 0 Å². The Kier molecular flexibility index (Phi) is 6.69. The molecule has 0 aliphatic heterocycles. The topological polar surface area (TPSA) is 50.4 Å². The number of ether oxygens (including phenoxy) is 1. The van der Waals surface area contributed by atoms with Crippen LogP contribution in [0.2, 0.25) is 0 Å². The van der Waals surface area contributed by atoms with Crippen LogP contribution in [0.15, 0.2) is 18.2 Å². The molecule has 1 amide bonds. The lowest BCUT2D eigenvalue weighted by Crippen LogP contribution is -2.43. The molecule has 0 fully saturated rings. The van der Waals surface area contributed by atoms with Gasteiger partial charge in [0.25, 0.3) is 5.91 Å². The summed E-state index contributed by atoms with van der Waals surface area (Å²) in [7, 11) is 0. The Hall–Kier alpha value is -1.55. The molecule has 0 unspecified atom stereocenters. The summed E-state index contributed by atoms with van der Waals surface area (Å²) in [5.74, 6) is 0.711. The van der Waals surface area contributed by atoms with Crippen LogP contribution < -0.4 is 15.4 Å². The van der Waals surface area contributed by atoms with Gasteiger partial charge in [-0.25, -0.2) is 0 Å². The first-order valence-electron chi connectivity index (χ1n) is 7.56. The average molecular weight is 292 g/mol. The van der Waals surface area contributed by atoms with Crippen molar-refractivity contribution in [3.05, 3.63) is 29.3 Å². The van der Waals surface area contributed by atoms with Crippen LogP contribution in [0.5, 0.6) is 5.75 Å². The van der Waals surface area contributed by atoms with Crippen molar-refractivity contribution in [2.45, 2.75) is 53.1 Å². The van der Waals surface area contributed by atoms with E-state index in [4.69, 9.17) is 4.74 Å². The van der Waals surface area contributed by atoms with Gasteiger partial charge in [0.05, 0.1) is 0 Å². The van der Waals surface area contributed by atoms with E-state index in [2.05, 4.69) is 17.6 Å². The van der Waals surface area contributed by atoms with Crippen molar-refractivity contribution in [2.24, 2.45) is 0 Å². The lowest BCUT2D eigenvalue weighted by Gasteiger charge is -2.21. The highest BCUT2D eigenvalue weighted by Crippen LogP contribution is 2.23. The highest BCUT2D eigenvalue weighted by molar-refractivity contribution is 5.78.